The van der Waals surface area contributed by atoms with Crippen LogP contribution in [0.3, 0.4) is 0 Å². The third-order valence-electron chi connectivity index (χ3n) is 3.49. The van der Waals surface area contributed by atoms with Crippen molar-refractivity contribution in [2.45, 2.75) is 18.2 Å². The second-order valence-electron chi connectivity index (χ2n) is 5.17. The van der Waals surface area contributed by atoms with Crippen molar-refractivity contribution < 1.29 is 31.1 Å². The topological polar surface area (TPSA) is 116 Å². The van der Waals surface area contributed by atoms with E-state index in [9.17, 15) is 21.6 Å². The molecule has 1 rings (SSSR count). The average Bonchev–Trinajstić information content (AvgIpc) is 2.59. The molecule has 1 aromatic carbocycles. The molecule has 0 unspecified atom stereocenters. The molecule has 0 aromatic heterocycles. The highest BCUT2D eigenvalue weighted by Gasteiger charge is 2.19. The summed E-state index contributed by atoms with van der Waals surface area (Å²) in [6, 6.07) is 4.18. The summed E-state index contributed by atoms with van der Waals surface area (Å²) in [4.78, 5) is 11.7. The Morgan fingerprint density at radius 2 is 1.68 bits per heavy atom. The van der Waals surface area contributed by atoms with Crippen molar-refractivity contribution in [3.8, 4) is 11.5 Å². The van der Waals surface area contributed by atoms with Gasteiger partial charge in [0.25, 0.3) is 0 Å². The van der Waals surface area contributed by atoms with Crippen molar-refractivity contribution in [3.05, 3.63) is 18.2 Å². The van der Waals surface area contributed by atoms with E-state index in [1.165, 1.54) is 39.3 Å². The number of benzene rings is 1. The van der Waals surface area contributed by atoms with E-state index in [2.05, 4.69) is 5.32 Å². The average molecular weight is 393 g/mol. The first-order valence-electron chi connectivity index (χ1n) is 7.57. The lowest BCUT2D eigenvalue weighted by atomic mass is 10.3. The molecule has 0 spiro atoms. The number of hydrogen-bond donors (Lipinski definition) is 1. The molecule has 1 amide bonds. The zero-order chi connectivity index (χ0) is 19.1. The molecule has 10 heteroatoms. The molecule has 0 radical (unpaired) electrons. The van der Waals surface area contributed by atoms with Crippen molar-refractivity contribution >= 4 is 25.6 Å². The lowest BCUT2D eigenvalue weighted by Gasteiger charge is -2.10. The summed E-state index contributed by atoms with van der Waals surface area (Å²) in [5, 5.41) is 2.41. The fraction of sp³-hybridized carbons (Fsp3) is 0.533. The summed E-state index contributed by atoms with van der Waals surface area (Å²) >= 11 is 0. The maximum atomic E-state index is 12.3. The van der Waals surface area contributed by atoms with Crippen LogP contribution in [-0.2, 0) is 24.5 Å². The molecule has 8 nitrogen and oxygen atoms in total. The maximum Gasteiger partial charge on any atom is 0.221 e. The molecule has 0 aliphatic heterocycles. The number of nitrogens with one attached hydrogen (secondary N) is 1. The molecule has 1 aromatic rings. The first-order valence-corrected chi connectivity index (χ1v) is 11.0. The highest BCUT2D eigenvalue weighted by molar-refractivity contribution is 7.91. The van der Waals surface area contributed by atoms with Crippen LogP contribution in [-0.4, -0.2) is 60.8 Å². The van der Waals surface area contributed by atoms with Gasteiger partial charge in [-0.3, -0.25) is 4.79 Å². The highest BCUT2D eigenvalue weighted by Crippen LogP contribution is 2.29. The van der Waals surface area contributed by atoms with Crippen LogP contribution in [0.2, 0.25) is 0 Å². The first-order chi connectivity index (χ1) is 11.6. The van der Waals surface area contributed by atoms with Crippen LogP contribution in [0.5, 0.6) is 11.5 Å². The van der Waals surface area contributed by atoms with Crippen LogP contribution in [0.1, 0.15) is 13.3 Å². The van der Waals surface area contributed by atoms with Crippen molar-refractivity contribution in [1.82, 2.24) is 5.32 Å². The third-order valence-corrected chi connectivity index (χ3v) is 6.91. The number of sulfone groups is 2. The molecule has 0 fully saturated rings. The van der Waals surface area contributed by atoms with E-state index in [0.717, 1.165) is 0 Å². The number of hydrogen-bond acceptors (Lipinski definition) is 7. The molecule has 0 heterocycles. The molecular formula is C15H23NO7S2. The Balaban J connectivity index is 2.65. The van der Waals surface area contributed by atoms with Gasteiger partial charge in [0.15, 0.2) is 31.2 Å². The van der Waals surface area contributed by atoms with Crippen molar-refractivity contribution in [3.63, 3.8) is 0 Å². The summed E-state index contributed by atoms with van der Waals surface area (Å²) in [6.45, 7) is 1.48. The lowest BCUT2D eigenvalue weighted by molar-refractivity contribution is -0.120. The zero-order valence-corrected chi connectivity index (χ0v) is 16.1. The lowest BCUT2D eigenvalue weighted by Crippen LogP contribution is -2.30. The summed E-state index contributed by atoms with van der Waals surface area (Å²) in [5.41, 5.74) is 0. The molecule has 142 valence electrons. The van der Waals surface area contributed by atoms with E-state index in [-0.39, 0.29) is 35.1 Å². The SMILES string of the molecule is CCS(=O)(=O)CCNC(=O)CCS(=O)(=O)c1ccc(OC)c(OC)c1. The smallest absolute Gasteiger partial charge is 0.221 e. The molecular weight excluding hydrogens is 370 g/mol. The summed E-state index contributed by atoms with van der Waals surface area (Å²) in [5.74, 6) is -0.409. The molecule has 0 bridgehead atoms. The van der Waals surface area contributed by atoms with Crippen LogP contribution < -0.4 is 14.8 Å². The third kappa shape index (κ3) is 6.54. The standard InChI is InChI=1S/C15H23NO7S2/c1-4-24(18,19)10-8-16-15(17)7-9-25(20,21)12-5-6-13(22-2)14(11-12)23-3/h5-6,11H,4,7-10H2,1-3H3,(H,16,17). The van der Waals surface area contributed by atoms with E-state index in [4.69, 9.17) is 9.47 Å². The zero-order valence-electron chi connectivity index (χ0n) is 14.4. The summed E-state index contributed by atoms with van der Waals surface area (Å²) in [7, 11) is -4.03. The highest BCUT2D eigenvalue weighted by atomic mass is 32.2. The minimum Gasteiger partial charge on any atom is -0.493 e. The number of ether oxygens (including phenoxy) is 2. The predicted octanol–water partition coefficient (Wildman–Crippen LogP) is 0.419. The fourth-order valence-electron chi connectivity index (χ4n) is 1.93. The van der Waals surface area contributed by atoms with Gasteiger partial charge in [0.05, 0.1) is 30.6 Å². The van der Waals surface area contributed by atoms with Crippen LogP contribution in [0.4, 0.5) is 0 Å². The fourth-order valence-corrected chi connectivity index (χ4v) is 3.89. The van der Waals surface area contributed by atoms with Crippen LogP contribution >= 0.6 is 0 Å². The Kier molecular flexibility index (Phi) is 7.68. The Bertz CT molecular complexity index is 801. The Hall–Kier alpha value is -1.81. The number of methoxy groups -OCH3 is 2. The van der Waals surface area contributed by atoms with E-state index in [0.29, 0.717) is 5.75 Å². The second kappa shape index (κ2) is 9.04. The largest absolute Gasteiger partial charge is 0.493 e. The van der Waals surface area contributed by atoms with Crippen molar-refractivity contribution in [2.24, 2.45) is 0 Å². The van der Waals surface area contributed by atoms with Gasteiger partial charge < -0.3 is 14.8 Å². The molecule has 1 N–H and O–H groups in total. The predicted molar refractivity (Wildman–Crippen MR) is 93.6 cm³/mol. The van der Waals surface area contributed by atoms with Gasteiger partial charge in [0.1, 0.15) is 0 Å². The Labute approximate surface area is 148 Å². The van der Waals surface area contributed by atoms with Crippen molar-refractivity contribution in [1.29, 1.82) is 0 Å². The molecule has 0 saturated carbocycles. The molecule has 0 aliphatic rings. The molecule has 25 heavy (non-hydrogen) atoms. The van der Waals surface area contributed by atoms with Crippen molar-refractivity contribution in [2.75, 3.05) is 38.0 Å². The summed E-state index contributed by atoms with van der Waals surface area (Å²) in [6.07, 6.45) is -0.261. The van der Waals surface area contributed by atoms with Gasteiger partial charge in [0.2, 0.25) is 5.91 Å². The van der Waals surface area contributed by atoms with Gasteiger partial charge in [-0.15, -0.1) is 0 Å². The van der Waals surface area contributed by atoms with Gasteiger partial charge in [-0.2, -0.15) is 0 Å². The number of carbonyl (C=O) groups is 1. The van der Waals surface area contributed by atoms with Crippen LogP contribution in [0.25, 0.3) is 0 Å². The first kappa shape index (κ1) is 21.2. The van der Waals surface area contributed by atoms with Gasteiger partial charge in [0, 0.05) is 24.8 Å². The van der Waals surface area contributed by atoms with E-state index in [1.54, 1.807) is 0 Å². The summed E-state index contributed by atoms with van der Waals surface area (Å²) < 4.78 is 57.4. The number of amides is 1. The number of rotatable bonds is 10. The van der Waals surface area contributed by atoms with E-state index >= 15 is 0 Å². The molecule has 0 atom stereocenters. The quantitative estimate of drug-likeness (QED) is 0.612. The molecule has 0 aliphatic carbocycles. The Morgan fingerprint density at radius 1 is 1.04 bits per heavy atom. The van der Waals surface area contributed by atoms with Crippen LogP contribution in [0.15, 0.2) is 23.1 Å². The van der Waals surface area contributed by atoms with Gasteiger partial charge >= 0.3 is 0 Å². The van der Waals surface area contributed by atoms with Gasteiger partial charge in [-0.1, -0.05) is 6.92 Å². The van der Waals surface area contributed by atoms with E-state index in [1.807, 2.05) is 0 Å². The van der Waals surface area contributed by atoms with Gasteiger partial charge in [-0.25, -0.2) is 16.8 Å². The van der Waals surface area contributed by atoms with E-state index < -0.39 is 31.3 Å². The monoisotopic (exact) mass is 393 g/mol. The second-order valence-corrected chi connectivity index (χ2v) is 9.75. The van der Waals surface area contributed by atoms with Gasteiger partial charge in [-0.05, 0) is 12.1 Å². The number of carbonyl (C=O) groups excluding carboxylic acids is 1. The van der Waals surface area contributed by atoms with Crippen LogP contribution in [0, 0.1) is 0 Å². The Morgan fingerprint density at radius 3 is 2.24 bits per heavy atom. The minimum atomic E-state index is -3.69. The maximum absolute atomic E-state index is 12.3. The molecule has 0 saturated heterocycles. The normalized spacial score (nSPS) is 11.8. The minimum absolute atomic E-state index is 0.00342.